The molecule has 0 bridgehead atoms. The summed E-state index contributed by atoms with van der Waals surface area (Å²) >= 11 is 0. The molecule has 0 aliphatic heterocycles. The Bertz CT molecular complexity index is 618. The Kier molecular flexibility index (Phi) is 55.3. The van der Waals surface area contributed by atoms with Crippen molar-refractivity contribution in [2.75, 3.05) is 0 Å². The molecule has 0 rings (SSSR count). The van der Waals surface area contributed by atoms with Gasteiger partial charge in [0.15, 0.2) is 0 Å². The van der Waals surface area contributed by atoms with Gasteiger partial charge in [-0.3, -0.25) is 0 Å². The number of unbranched alkanes of at least 4 members (excludes halogenated alkanes) is 15. The fourth-order valence-corrected chi connectivity index (χ4v) is 6.74. The monoisotopic (exact) mass is 886 g/mol. The molecule has 0 saturated carbocycles. The molecule has 6 unspecified atom stereocenters. The van der Waals surface area contributed by atoms with E-state index in [-0.39, 0.29) is 59.2 Å². The summed E-state index contributed by atoms with van der Waals surface area (Å²) < 4.78 is 46.4. The van der Waals surface area contributed by atoms with Crippen LogP contribution in [0.1, 0.15) is 215 Å². The fourth-order valence-electron chi connectivity index (χ4n) is 5.38. The molecule has 0 fully saturated rings. The van der Waals surface area contributed by atoms with Crippen LogP contribution in [-0.4, -0.2) is 18.3 Å². The van der Waals surface area contributed by atoms with Gasteiger partial charge in [-0.15, -0.1) is 13.6 Å². The molecule has 0 aromatic rings. The summed E-state index contributed by atoms with van der Waals surface area (Å²) in [5.74, 6) is 0. The first kappa shape index (κ1) is 57.1. The van der Waals surface area contributed by atoms with E-state index in [4.69, 9.17) is 13.6 Å². The van der Waals surface area contributed by atoms with Crippen molar-refractivity contribution < 1.29 is 82.8 Å². The molecule has 0 aliphatic carbocycles. The Morgan fingerprint density at radius 3 is 0.673 bits per heavy atom. The zero-order valence-electron chi connectivity index (χ0n) is 32.3. The first-order valence-corrected chi connectivity index (χ1v) is 22.8. The normalized spacial score (nSPS) is 13.5. The third-order valence-corrected chi connectivity index (χ3v) is 9.64. The Labute approximate surface area is 338 Å². The second kappa shape index (κ2) is 47.4. The van der Waals surface area contributed by atoms with Crippen LogP contribution in [0.25, 0.3) is 0 Å². The molecule has 9 nitrogen and oxygen atoms in total. The molecule has 0 amide bonds. The van der Waals surface area contributed by atoms with E-state index in [0.717, 1.165) is 116 Å². The molecule has 1 radical (unpaired) electrons. The molecule has 13 heteroatoms. The largest absolute Gasteiger partial charge is 3.00 e. The average Bonchev–Trinajstić information content (AvgIpc) is 3.03. The summed E-state index contributed by atoms with van der Waals surface area (Å²) in [5, 5.41) is 0. The molecule has 0 N–H and O–H groups in total. The topological polar surface area (TPSA) is 148 Å². The maximum absolute atomic E-state index is 10.5. The molecular formula is C36H75NdO9P3+3. The zero-order chi connectivity index (χ0) is 36.7. The van der Waals surface area contributed by atoms with Crippen LogP contribution in [-0.2, 0) is 27.3 Å². The van der Waals surface area contributed by atoms with Crippen LogP contribution in [0.5, 0.6) is 0 Å². The van der Waals surface area contributed by atoms with Crippen molar-refractivity contribution in [2.24, 2.45) is 0 Å². The minimum absolute atomic E-state index is 0. The van der Waals surface area contributed by atoms with Crippen LogP contribution in [0.4, 0.5) is 0 Å². The molecule has 49 heavy (non-hydrogen) atoms. The Balaban J connectivity index is -0.000000307. The molecule has 0 aromatic carbocycles. The maximum Gasteiger partial charge on any atom is 3.00 e. The van der Waals surface area contributed by atoms with Gasteiger partial charge in [0.2, 0.25) is 0 Å². The summed E-state index contributed by atoms with van der Waals surface area (Å²) in [6.07, 6.45) is 29.3. The predicted octanol–water partition coefficient (Wildman–Crippen LogP) is 11.8. The van der Waals surface area contributed by atoms with E-state index in [9.17, 15) is 28.4 Å². The van der Waals surface area contributed by atoms with Crippen LogP contribution in [0.3, 0.4) is 0 Å². The standard InChI is InChI=1S/3C12H25O3P.Nd/c3*1-3-5-7-9-11-12(15-16(13)14)10-8-6-4-2;/h3*12H,3-11H2,1-2H3;/q;;;+3. The molecule has 0 aromatic heterocycles. The minimum atomic E-state index is -2.69. The summed E-state index contributed by atoms with van der Waals surface area (Å²) in [7, 11) is -8.06. The quantitative estimate of drug-likeness (QED) is 0.0464. The molecule has 6 atom stereocenters. The molecule has 0 heterocycles. The summed E-state index contributed by atoms with van der Waals surface area (Å²) in [4.78, 5) is 31.6. The van der Waals surface area contributed by atoms with Crippen molar-refractivity contribution in [2.45, 2.75) is 233 Å². The molecule has 289 valence electrons. The number of hydrogen-bond acceptors (Lipinski definition) is 9. The first-order chi connectivity index (χ1) is 23.1. The minimum Gasteiger partial charge on any atom is -0.566 e. The third-order valence-electron chi connectivity index (χ3n) is 8.23. The van der Waals surface area contributed by atoms with Gasteiger partial charge in [-0.05, 0) is 52.2 Å². The van der Waals surface area contributed by atoms with E-state index in [2.05, 4.69) is 41.5 Å². The van der Waals surface area contributed by atoms with Gasteiger partial charge in [-0.2, -0.15) is 0 Å². The van der Waals surface area contributed by atoms with E-state index in [1.54, 1.807) is 0 Å². The van der Waals surface area contributed by atoms with Crippen molar-refractivity contribution in [1.29, 1.82) is 0 Å². The van der Waals surface area contributed by atoms with Crippen molar-refractivity contribution in [3.63, 3.8) is 0 Å². The molecule has 0 aliphatic rings. The Morgan fingerprint density at radius 1 is 0.347 bits per heavy atom. The Morgan fingerprint density at radius 2 is 0.510 bits per heavy atom. The average molecular weight is 889 g/mol. The predicted molar refractivity (Wildman–Crippen MR) is 196 cm³/mol. The maximum atomic E-state index is 10.5. The molecule has 0 saturated heterocycles. The first-order valence-electron chi connectivity index (χ1n) is 19.5. The smallest absolute Gasteiger partial charge is 0.566 e. The van der Waals surface area contributed by atoms with E-state index in [0.29, 0.717) is 0 Å². The number of rotatable bonds is 33. The second-order valence-electron chi connectivity index (χ2n) is 12.9. The summed E-state index contributed by atoms with van der Waals surface area (Å²) in [6, 6.07) is 0. The van der Waals surface area contributed by atoms with Gasteiger partial charge in [0.25, 0.3) is 0 Å². The zero-order valence-corrected chi connectivity index (χ0v) is 38.2. The second-order valence-corrected chi connectivity index (χ2v) is 14.9. The SMILES string of the molecule is CCCCCCC(CCCCC)O[P+](=O)[O-].CCCCCCC(CCCCC)O[P+](=O)[O-].CCCCCCC(CCCCC)O[P+](=O)[O-].[Nd+3]. The van der Waals surface area contributed by atoms with E-state index in [1.807, 2.05) is 0 Å². The van der Waals surface area contributed by atoms with Crippen molar-refractivity contribution in [3.05, 3.63) is 0 Å². The third kappa shape index (κ3) is 51.6. The summed E-state index contributed by atoms with van der Waals surface area (Å²) in [6.45, 7) is 12.9. The Hall–Kier alpha value is 1.41. The molecular weight excluding hydrogens is 814 g/mol. The van der Waals surface area contributed by atoms with Gasteiger partial charge in [0.1, 0.15) is 18.3 Å². The van der Waals surface area contributed by atoms with Gasteiger partial charge < -0.3 is 14.7 Å². The van der Waals surface area contributed by atoms with Gasteiger partial charge in [-0.1, -0.05) is 176 Å². The van der Waals surface area contributed by atoms with Crippen LogP contribution < -0.4 is 14.7 Å². The van der Waals surface area contributed by atoms with Crippen LogP contribution in [0, 0.1) is 40.8 Å². The van der Waals surface area contributed by atoms with Crippen LogP contribution >= 0.6 is 24.8 Å². The van der Waals surface area contributed by atoms with E-state index < -0.39 is 24.8 Å². The van der Waals surface area contributed by atoms with Crippen molar-refractivity contribution >= 4 is 24.8 Å². The van der Waals surface area contributed by atoms with E-state index in [1.165, 1.54) is 57.8 Å². The van der Waals surface area contributed by atoms with Crippen molar-refractivity contribution in [3.8, 4) is 0 Å². The van der Waals surface area contributed by atoms with Gasteiger partial charge in [0, 0.05) is 0 Å². The summed E-state index contributed by atoms with van der Waals surface area (Å²) in [5.41, 5.74) is 0. The van der Waals surface area contributed by atoms with Gasteiger partial charge in [-0.25, -0.2) is 0 Å². The van der Waals surface area contributed by atoms with Crippen LogP contribution in [0.15, 0.2) is 0 Å². The number of hydrogen-bond donors (Lipinski definition) is 0. The van der Waals surface area contributed by atoms with Crippen LogP contribution in [0.2, 0.25) is 0 Å². The van der Waals surface area contributed by atoms with Gasteiger partial charge in [0.05, 0.1) is 0 Å². The van der Waals surface area contributed by atoms with Gasteiger partial charge >= 0.3 is 65.6 Å². The van der Waals surface area contributed by atoms with Crippen molar-refractivity contribution in [1.82, 2.24) is 0 Å². The fraction of sp³-hybridized carbons (Fsp3) is 1.00. The van der Waals surface area contributed by atoms with E-state index >= 15 is 0 Å². The molecule has 0 spiro atoms.